The molecule has 1 N–H and O–H groups in total. The van der Waals surface area contributed by atoms with Crippen LogP contribution in [-0.2, 0) is 37.3 Å². The number of carbonyl (C=O) groups is 1. The summed E-state index contributed by atoms with van der Waals surface area (Å²) in [4.78, 5) is 19.4. The van der Waals surface area contributed by atoms with Gasteiger partial charge >= 0.3 is 0 Å². The summed E-state index contributed by atoms with van der Waals surface area (Å²) in [5.41, 5.74) is 7.04. The highest BCUT2D eigenvalue weighted by Crippen LogP contribution is 2.32. The minimum Gasteiger partial charge on any atom is -0.486 e. The maximum Gasteiger partial charge on any atom is 0.224 e. The summed E-state index contributed by atoms with van der Waals surface area (Å²) in [6, 6.07) is 8.21. The van der Waals surface area contributed by atoms with Gasteiger partial charge < -0.3 is 14.8 Å². The summed E-state index contributed by atoms with van der Waals surface area (Å²) in [6.07, 6.45) is 3.38. The molecule has 6 nitrogen and oxygen atoms in total. The number of nitrogens with one attached hydrogen (secondary N) is 1. The van der Waals surface area contributed by atoms with E-state index in [4.69, 9.17) is 9.47 Å². The molecule has 1 amide bonds. The van der Waals surface area contributed by atoms with Crippen molar-refractivity contribution in [3.05, 3.63) is 74.7 Å². The lowest BCUT2D eigenvalue weighted by Gasteiger charge is -2.31. The van der Waals surface area contributed by atoms with Crippen molar-refractivity contribution in [2.45, 2.75) is 39.4 Å². The molecule has 0 radical (unpaired) electrons. The Labute approximate surface area is 192 Å². The van der Waals surface area contributed by atoms with Gasteiger partial charge in [-0.25, -0.2) is 0 Å². The van der Waals surface area contributed by atoms with Gasteiger partial charge in [0.05, 0.1) is 6.42 Å². The predicted molar refractivity (Wildman–Crippen MR) is 124 cm³/mol. The van der Waals surface area contributed by atoms with Gasteiger partial charge in [-0.1, -0.05) is 6.07 Å². The van der Waals surface area contributed by atoms with E-state index in [1.165, 1.54) is 22.3 Å². The van der Waals surface area contributed by atoms with Crippen molar-refractivity contribution < 1.29 is 14.3 Å². The molecule has 0 saturated carbocycles. The lowest BCUT2D eigenvalue weighted by Crippen LogP contribution is -2.32. The molecular weight excluding hydrogens is 422 g/mol. The van der Waals surface area contributed by atoms with E-state index in [2.05, 4.69) is 27.3 Å². The lowest BCUT2D eigenvalue weighted by atomic mass is 9.94. The van der Waals surface area contributed by atoms with Gasteiger partial charge in [0.1, 0.15) is 13.2 Å². The minimum atomic E-state index is 0.0523. The second kappa shape index (κ2) is 9.30. The van der Waals surface area contributed by atoms with Crippen molar-refractivity contribution in [3.8, 4) is 11.5 Å². The maximum atomic E-state index is 12.4. The predicted octanol–water partition coefficient (Wildman–Crippen LogP) is 3.64. The van der Waals surface area contributed by atoms with Gasteiger partial charge in [-0.05, 0) is 70.1 Å². The zero-order valence-corrected chi connectivity index (χ0v) is 19.0. The Hall–Kier alpha value is -2.90. The van der Waals surface area contributed by atoms with Crippen molar-refractivity contribution in [1.82, 2.24) is 15.2 Å². The lowest BCUT2D eigenvalue weighted by molar-refractivity contribution is -0.120. The van der Waals surface area contributed by atoms with Gasteiger partial charge in [0.2, 0.25) is 5.91 Å². The molecule has 1 aromatic carbocycles. The van der Waals surface area contributed by atoms with E-state index >= 15 is 0 Å². The largest absolute Gasteiger partial charge is 0.486 e. The van der Waals surface area contributed by atoms with Crippen LogP contribution < -0.4 is 14.8 Å². The highest BCUT2D eigenvalue weighted by Gasteiger charge is 2.22. The Morgan fingerprint density at radius 3 is 2.91 bits per heavy atom. The molecular formula is C25H27N3O3S. The number of thiophene rings is 1. The third kappa shape index (κ3) is 4.64. The number of amides is 1. The first-order chi connectivity index (χ1) is 15.7. The van der Waals surface area contributed by atoms with Gasteiger partial charge in [-0.2, -0.15) is 11.3 Å². The van der Waals surface area contributed by atoms with Gasteiger partial charge in [0.15, 0.2) is 11.5 Å². The maximum absolute atomic E-state index is 12.4. The van der Waals surface area contributed by atoms with Crippen LogP contribution in [-0.4, -0.2) is 35.5 Å². The zero-order valence-electron chi connectivity index (χ0n) is 18.2. The smallest absolute Gasteiger partial charge is 0.224 e. The number of fused-ring (bicyclic) bond motifs is 2. The summed E-state index contributed by atoms with van der Waals surface area (Å²) < 4.78 is 11.4. The zero-order chi connectivity index (χ0) is 21.9. The normalized spacial score (nSPS) is 15.3. The molecule has 0 atom stereocenters. The van der Waals surface area contributed by atoms with E-state index < -0.39 is 0 Å². The number of aryl methyl sites for hydroxylation is 1. The second-order valence-electron chi connectivity index (χ2n) is 8.35. The standard InChI is InChI=1S/C25H27N3O3S/c1-17-22(13-27-25(29)11-19-5-9-32-16-19)21-4-6-28(15-20(21)12-26-17)14-18-2-3-23-24(10-18)31-8-7-30-23/h2-3,5,9-10,12,16H,4,6-8,11,13-15H2,1H3,(H,27,29). The molecule has 4 heterocycles. The number of aromatic nitrogens is 1. The number of rotatable bonds is 6. The average Bonchev–Trinajstić information content (AvgIpc) is 3.31. The first-order valence-corrected chi connectivity index (χ1v) is 11.9. The van der Waals surface area contributed by atoms with Crippen LogP contribution in [0, 0.1) is 6.92 Å². The van der Waals surface area contributed by atoms with Gasteiger partial charge in [-0.15, -0.1) is 0 Å². The molecule has 0 spiro atoms. The van der Waals surface area contributed by atoms with E-state index in [0.29, 0.717) is 26.2 Å². The van der Waals surface area contributed by atoms with Gasteiger partial charge in [0.25, 0.3) is 0 Å². The SMILES string of the molecule is Cc1ncc2c(c1CNC(=O)Cc1ccsc1)CCN(Cc1ccc3c(c1)OCCO3)C2. The van der Waals surface area contributed by atoms with Crippen LogP contribution in [0.1, 0.15) is 33.5 Å². The van der Waals surface area contributed by atoms with Crippen molar-refractivity contribution in [2.75, 3.05) is 19.8 Å². The molecule has 32 heavy (non-hydrogen) atoms. The first-order valence-electron chi connectivity index (χ1n) is 11.0. The molecule has 3 aromatic rings. The van der Waals surface area contributed by atoms with Crippen LogP contribution >= 0.6 is 11.3 Å². The van der Waals surface area contributed by atoms with Gasteiger partial charge in [-0.3, -0.25) is 14.7 Å². The molecule has 0 unspecified atom stereocenters. The van der Waals surface area contributed by atoms with E-state index in [-0.39, 0.29) is 5.91 Å². The molecule has 0 aliphatic carbocycles. The molecule has 2 aliphatic rings. The van der Waals surface area contributed by atoms with Crippen LogP contribution in [0.3, 0.4) is 0 Å². The van der Waals surface area contributed by atoms with Crippen LogP contribution in [0.25, 0.3) is 0 Å². The van der Waals surface area contributed by atoms with Crippen molar-refractivity contribution >= 4 is 17.2 Å². The molecule has 0 fully saturated rings. The van der Waals surface area contributed by atoms with E-state index in [1.54, 1.807) is 11.3 Å². The monoisotopic (exact) mass is 449 g/mol. The number of carbonyl (C=O) groups excluding carboxylic acids is 1. The molecule has 5 rings (SSSR count). The van der Waals surface area contributed by atoms with Crippen molar-refractivity contribution in [2.24, 2.45) is 0 Å². The summed E-state index contributed by atoms with van der Waals surface area (Å²) in [5.74, 6) is 1.72. The van der Waals surface area contributed by atoms with Crippen LogP contribution in [0.2, 0.25) is 0 Å². The molecule has 0 bridgehead atoms. The fraction of sp³-hybridized carbons (Fsp3) is 0.360. The number of nitrogens with zero attached hydrogens (tertiary/aromatic N) is 2. The average molecular weight is 450 g/mol. The Kier molecular flexibility index (Phi) is 6.10. The highest BCUT2D eigenvalue weighted by molar-refractivity contribution is 7.08. The van der Waals surface area contributed by atoms with Crippen molar-refractivity contribution in [3.63, 3.8) is 0 Å². The van der Waals surface area contributed by atoms with E-state index in [1.807, 2.05) is 36.0 Å². The highest BCUT2D eigenvalue weighted by atomic mass is 32.1. The topological polar surface area (TPSA) is 63.7 Å². The minimum absolute atomic E-state index is 0.0523. The molecule has 0 saturated heterocycles. The second-order valence-corrected chi connectivity index (χ2v) is 9.13. The first kappa shape index (κ1) is 21.0. The summed E-state index contributed by atoms with van der Waals surface area (Å²) >= 11 is 1.62. The number of benzene rings is 1. The fourth-order valence-electron chi connectivity index (χ4n) is 4.42. The van der Waals surface area contributed by atoms with E-state index in [9.17, 15) is 4.79 Å². The quantitative estimate of drug-likeness (QED) is 0.623. The van der Waals surface area contributed by atoms with Crippen molar-refractivity contribution in [1.29, 1.82) is 0 Å². The molecule has 2 aromatic heterocycles. The Morgan fingerprint density at radius 1 is 1.19 bits per heavy atom. The third-order valence-corrected chi connectivity index (χ3v) is 6.83. The Bertz CT molecular complexity index is 1110. The van der Waals surface area contributed by atoms with E-state index in [0.717, 1.165) is 48.8 Å². The van der Waals surface area contributed by atoms with Crippen LogP contribution in [0.5, 0.6) is 11.5 Å². The number of hydrogen-bond acceptors (Lipinski definition) is 6. The van der Waals surface area contributed by atoms with Crippen LogP contribution in [0.15, 0.2) is 41.2 Å². The number of pyridine rings is 1. The molecule has 2 aliphatic heterocycles. The summed E-state index contributed by atoms with van der Waals surface area (Å²) in [7, 11) is 0. The Balaban J connectivity index is 1.24. The summed E-state index contributed by atoms with van der Waals surface area (Å²) in [6.45, 7) is 6.46. The molecule has 166 valence electrons. The van der Waals surface area contributed by atoms with Gasteiger partial charge in [0, 0.05) is 38.1 Å². The van der Waals surface area contributed by atoms with Crippen LogP contribution in [0.4, 0.5) is 0 Å². The number of hydrogen-bond donors (Lipinski definition) is 1. The third-order valence-electron chi connectivity index (χ3n) is 6.09. The number of ether oxygens (including phenoxy) is 2. The Morgan fingerprint density at radius 2 is 2.06 bits per heavy atom. The summed E-state index contributed by atoms with van der Waals surface area (Å²) in [5, 5.41) is 7.12. The fourth-order valence-corrected chi connectivity index (χ4v) is 5.09. The molecule has 7 heteroatoms.